The highest BCUT2D eigenvalue weighted by atomic mass is 32.2. The van der Waals surface area contributed by atoms with Crippen LogP contribution in [0.2, 0.25) is 0 Å². The number of aliphatic hydroxyl groups is 1. The molecule has 3 nitrogen and oxygen atoms in total. The summed E-state index contributed by atoms with van der Waals surface area (Å²) in [6.07, 6.45) is 0. The van der Waals surface area contributed by atoms with Crippen LogP contribution in [0.1, 0.15) is 29.8 Å². The van der Waals surface area contributed by atoms with Crippen molar-refractivity contribution in [2.75, 3.05) is 6.61 Å². The van der Waals surface area contributed by atoms with Crippen molar-refractivity contribution in [1.29, 1.82) is 5.26 Å². The molecule has 16 heavy (non-hydrogen) atoms. The molecule has 0 heterocycles. The molecule has 0 saturated heterocycles. The van der Waals surface area contributed by atoms with Gasteiger partial charge in [-0.05, 0) is 25.1 Å². The Morgan fingerprint density at radius 3 is 2.81 bits per heavy atom. The summed E-state index contributed by atoms with van der Waals surface area (Å²) >= 11 is 1.41. The molecule has 0 aromatic heterocycles. The highest BCUT2D eigenvalue weighted by molar-refractivity contribution is 8.00. The molecule has 1 rings (SSSR count). The van der Waals surface area contributed by atoms with Gasteiger partial charge in [-0.15, -0.1) is 11.8 Å². The maximum Gasteiger partial charge on any atom is 0.160 e. The SMILES string of the molecule is CC(=O)c1ccc(C#N)cc1SC(C)CO. The van der Waals surface area contributed by atoms with Crippen LogP contribution in [0, 0.1) is 11.3 Å². The number of ketones is 1. The van der Waals surface area contributed by atoms with Crippen molar-refractivity contribution in [1.82, 2.24) is 0 Å². The van der Waals surface area contributed by atoms with E-state index >= 15 is 0 Å². The summed E-state index contributed by atoms with van der Waals surface area (Å²) in [5.74, 6) is -0.0304. The molecule has 0 saturated carbocycles. The van der Waals surface area contributed by atoms with Crippen molar-refractivity contribution < 1.29 is 9.90 Å². The second kappa shape index (κ2) is 5.69. The van der Waals surface area contributed by atoms with E-state index in [0.717, 1.165) is 4.90 Å². The summed E-state index contributed by atoms with van der Waals surface area (Å²) in [5.41, 5.74) is 1.13. The lowest BCUT2D eigenvalue weighted by Crippen LogP contribution is -2.04. The van der Waals surface area contributed by atoms with Crippen LogP contribution in [0.5, 0.6) is 0 Å². The number of nitriles is 1. The average molecular weight is 235 g/mol. The molecular weight excluding hydrogens is 222 g/mol. The summed E-state index contributed by atoms with van der Waals surface area (Å²) in [6, 6.07) is 7.02. The highest BCUT2D eigenvalue weighted by Gasteiger charge is 2.11. The summed E-state index contributed by atoms with van der Waals surface area (Å²) in [7, 11) is 0. The molecule has 0 fully saturated rings. The Morgan fingerprint density at radius 2 is 2.31 bits per heavy atom. The Balaban J connectivity index is 3.11. The van der Waals surface area contributed by atoms with Crippen molar-refractivity contribution in [2.45, 2.75) is 24.0 Å². The Morgan fingerprint density at radius 1 is 1.62 bits per heavy atom. The van der Waals surface area contributed by atoms with E-state index in [9.17, 15) is 4.79 Å². The number of thioether (sulfide) groups is 1. The molecule has 0 aliphatic carbocycles. The molecule has 1 aromatic carbocycles. The number of hydrogen-bond acceptors (Lipinski definition) is 4. The fraction of sp³-hybridized carbons (Fsp3) is 0.333. The van der Waals surface area contributed by atoms with Crippen molar-refractivity contribution in [3.05, 3.63) is 29.3 Å². The number of nitrogens with zero attached hydrogens (tertiary/aromatic N) is 1. The molecule has 0 aliphatic rings. The zero-order chi connectivity index (χ0) is 12.1. The third-order valence-corrected chi connectivity index (χ3v) is 3.22. The smallest absolute Gasteiger partial charge is 0.160 e. The van der Waals surface area contributed by atoms with Gasteiger partial charge in [-0.25, -0.2) is 0 Å². The minimum atomic E-state index is -0.0304. The molecule has 1 unspecified atom stereocenters. The largest absolute Gasteiger partial charge is 0.395 e. The van der Waals surface area contributed by atoms with E-state index in [0.29, 0.717) is 11.1 Å². The first-order valence-corrected chi connectivity index (χ1v) is 5.79. The fourth-order valence-corrected chi connectivity index (χ4v) is 2.28. The van der Waals surface area contributed by atoms with Crippen molar-refractivity contribution in [2.24, 2.45) is 0 Å². The molecular formula is C12H13NO2S. The lowest BCUT2D eigenvalue weighted by molar-refractivity contribution is 0.101. The number of Topliss-reactive ketones (excluding diaryl/α,β-unsaturated/α-hetero) is 1. The zero-order valence-corrected chi connectivity index (χ0v) is 10.0. The maximum absolute atomic E-state index is 11.4. The van der Waals surface area contributed by atoms with Crippen molar-refractivity contribution >= 4 is 17.5 Å². The van der Waals surface area contributed by atoms with E-state index in [2.05, 4.69) is 0 Å². The van der Waals surface area contributed by atoms with Gasteiger partial charge in [0.05, 0.1) is 18.2 Å². The van der Waals surface area contributed by atoms with Gasteiger partial charge < -0.3 is 5.11 Å². The Kier molecular flexibility index (Phi) is 4.53. The first-order valence-electron chi connectivity index (χ1n) is 4.91. The molecule has 84 valence electrons. The van der Waals surface area contributed by atoms with E-state index in [1.54, 1.807) is 18.2 Å². The third kappa shape index (κ3) is 3.09. The van der Waals surface area contributed by atoms with Crippen LogP contribution in [-0.2, 0) is 0 Å². The molecule has 0 spiro atoms. The zero-order valence-electron chi connectivity index (χ0n) is 9.23. The van der Waals surface area contributed by atoms with Crippen LogP contribution < -0.4 is 0 Å². The molecule has 4 heteroatoms. The van der Waals surface area contributed by atoms with Gasteiger partial charge >= 0.3 is 0 Å². The predicted molar refractivity (Wildman–Crippen MR) is 63.6 cm³/mol. The Labute approximate surface area is 99.1 Å². The summed E-state index contributed by atoms with van der Waals surface area (Å²) in [5, 5.41) is 17.8. The van der Waals surface area contributed by atoms with Gasteiger partial charge in [0.25, 0.3) is 0 Å². The lowest BCUT2D eigenvalue weighted by atomic mass is 10.1. The second-order valence-electron chi connectivity index (χ2n) is 3.49. The minimum Gasteiger partial charge on any atom is -0.395 e. The number of benzene rings is 1. The van der Waals surface area contributed by atoms with Gasteiger partial charge in [0.2, 0.25) is 0 Å². The van der Waals surface area contributed by atoms with Crippen LogP contribution in [0.15, 0.2) is 23.1 Å². The molecule has 0 amide bonds. The number of aliphatic hydroxyl groups excluding tert-OH is 1. The third-order valence-electron chi connectivity index (χ3n) is 2.08. The topological polar surface area (TPSA) is 61.1 Å². The monoisotopic (exact) mass is 235 g/mol. The van der Waals surface area contributed by atoms with Gasteiger partial charge in [0, 0.05) is 15.7 Å². The van der Waals surface area contributed by atoms with Gasteiger partial charge in [-0.3, -0.25) is 4.79 Å². The molecule has 1 aromatic rings. The van der Waals surface area contributed by atoms with Gasteiger partial charge in [-0.2, -0.15) is 5.26 Å². The second-order valence-corrected chi connectivity index (χ2v) is 4.97. The number of carbonyl (C=O) groups is 1. The normalized spacial score (nSPS) is 11.9. The van der Waals surface area contributed by atoms with Gasteiger partial charge in [0.15, 0.2) is 5.78 Å². The van der Waals surface area contributed by atoms with Crippen LogP contribution in [0.4, 0.5) is 0 Å². The van der Waals surface area contributed by atoms with Gasteiger partial charge in [-0.1, -0.05) is 6.92 Å². The standard InChI is InChI=1S/C12H13NO2S/c1-8(7-14)16-12-5-10(6-13)3-4-11(12)9(2)15/h3-5,8,14H,7H2,1-2H3. The van der Waals surface area contributed by atoms with Gasteiger partial charge in [0.1, 0.15) is 0 Å². The Bertz CT molecular complexity index is 437. The number of hydrogen-bond donors (Lipinski definition) is 1. The quantitative estimate of drug-likeness (QED) is 0.642. The lowest BCUT2D eigenvalue weighted by Gasteiger charge is -2.11. The summed E-state index contributed by atoms with van der Waals surface area (Å²) in [4.78, 5) is 12.1. The van der Waals surface area contributed by atoms with E-state index in [4.69, 9.17) is 10.4 Å². The minimum absolute atomic E-state index is 0.00652. The van der Waals surface area contributed by atoms with E-state index in [-0.39, 0.29) is 17.6 Å². The molecule has 1 atom stereocenters. The van der Waals surface area contributed by atoms with E-state index in [1.807, 2.05) is 13.0 Å². The average Bonchev–Trinajstić information content (AvgIpc) is 2.28. The highest BCUT2D eigenvalue weighted by Crippen LogP contribution is 2.28. The van der Waals surface area contributed by atoms with Crippen LogP contribution in [0.3, 0.4) is 0 Å². The van der Waals surface area contributed by atoms with Crippen LogP contribution in [0.25, 0.3) is 0 Å². The first kappa shape index (κ1) is 12.8. The number of carbonyl (C=O) groups excluding carboxylic acids is 1. The summed E-state index contributed by atoms with van der Waals surface area (Å²) < 4.78 is 0. The van der Waals surface area contributed by atoms with E-state index < -0.39 is 0 Å². The maximum atomic E-state index is 11.4. The number of rotatable bonds is 4. The molecule has 0 radical (unpaired) electrons. The van der Waals surface area contributed by atoms with Crippen molar-refractivity contribution in [3.63, 3.8) is 0 Å². The Hall–Kier alpha value is -1.31. The van der Waals surface area contributed by atoms with Crippen LogP contribution >= 0.6 is 11.8 Å². The molecule has 1 N–H and O–H groups in total. The van der Waals surface area contributed by atoms with E-state index in [1.165, 1.54) is 18.7 Å². The fourth-order valence-electron chi connectivity index (χ4n) is 1.23. The van der Waals surface area contributed by atoms with Crippen molar-refractivity contribution in [3.8, 4) is 6.07 Å². The van der Waals surface area contributed by atoms with Crippen LogP contribution in [-0.4, -0.2) is 22.7 Å². The molecule has 0 aliphatic heterocycles. The first-order chi connectivity index (χ1) is 7.58. The predicted octanol–water partition coefficient (Wildman–Crippen LogP) is 2.23. The summed E-state index contributed by atoms with van der Waals surface area (Å²) in [6.45, 7) is 3.40. The molecule has 0 bridgehead atoms.